The number of aromatic nitrogens is 2. The number of hydrogen-bond donors (Lipinski definition) is 2. The fraction of sp³-hybridized carbons (Fsp3) is 0.459. The van der Waals surface area contributed by atoms with Gasteiger partial charge in [0.25, 0.3) is 0 Å². The molecule has 4 heterocycles. The number of phenolic OH excluding ortho intramolecular Hbond substituents is 1. The summed E-state index contributed by atoms with van der Waals surface area (Å²) in [5.41, 5.74) is -0.701. The van der Waals surface area contributed by atoms with Crippen molar-refractivity contribution in [1.82, 2.24) is 20.2 Å². The second-order valence-corrected chi connectivity index (χ2v) is 14.5. The highest BCUT2D eigenvalue weighted by Crippen LogP contribution is 2.50. The van der Waals surface area contributed by atoms with Crippen molar-refractivity contribution in [2.45, 2.75) is 63.1 Å². The number of phenols is 1. The summed E-state index contributed by atoms with van der Waals surface area (Å²) >= 11 is 0. The van der Waals surface area contributed by atoms with Crippen LogP contribution in [0.3, 0.4) is 0 Å². The molecule has 0 radical (unpaired) electrons. The summed E-state index contributed by atoms with van der Waals surface area (Å²) in [7, 11) is 0. The molecule has 0 amide bonds. The minimum Gasteiger partial charge on any atom is -0.508 e. The molecule has 47 heavy (non-hydrogen) atoms. The lowest BCUT2D eigenvalue weighted by atomic mass is 9.92. The number of nitrogens with one attached hydrogen (secondary N) is 1. The monoisotopic (exact) mass is 639 g/mol. The summed E-state index contributed by atoms with van der Waals surface area (Å²) in [4.78, 5) is 14.1. The third-order valence-electron chi connectivity index (χ3n) is 11.3. The fourth-order valence-electron chi connectivity index (χ4n) is 8.84. The van der Waals surface area contributed by atoms with E-state index in [9.17, 15) is 9.50 Å². The molecular formula is C37H36F3N5O2. The molecule has 2 N–H and O–H groups in total. The van der Waals surface area contributed by atoms with Crippen molar-refractivity contribution < 1.29 is 23.0 Å². The summed E-state index contributed by atoms with van der Waals surface area (Å²) in [6.07, 6.45) is 13.7. The topological polar surface area (TPSA) is 73.8 Å². The zero-order valence-corrected chi connectivity index (χ0v) is 26.0. The Hall–Kier alpha value is -4.07. The highest BCUT2D eigenvalue weighted by molar-refractivity contribution is 6.04. The Balaban J connectivity index is 1.15. The number of nitrogens with zero attached hydrogens (tertiary/aromatic N) is 4. The highest BCUT2D eigenvalue weighted by atomic mass is 19.1. The van der Waals surface area contributed by atoms with Gasteiger partial charge in [-0.15, -0.1) is 6.42 Å². The zero-order chi connectivity index (χ0) is 32.0. The van der Waals surface area contributed by atoms with Crippen LogP contribution in [0.1, 0.15) is 50.5 Å². The quantitative estimate of drug-likeness (QED) is 0.236. The number of aromatic hydroxyl groups is 1. The van der Waals surface area contributed by atoms with Gasteiger partial charge in [0.1, 0.15) is 28.7 Å². The standard InChI is InChI=1S/C37H36F3N5O2/c1-2-26-29(38)8-4-21-12-25(46)13-27(31(21)26)32-30(39)14-28-34(33(32)40)42-36(43-35(28)44-16-22-5-6-23(17-44)41-22)47-19-37(9-10-37)18-45-15-20-3-7-24(45)11-20/h1,4,8,12-14,20,22-24,41,46H,3,5-7,9-11,15-19H2/t20-,22?,23?,24+/m1/s1. The molecule has 2 aliphatic carbocycles. The predicted octanol–water partition coefficient (Wildman–Crippen LogP) is 6.14. The number of hydrogen-bond acceptors (Lipinski definition) is 7. The van der Waals surface area contributed by atoms with Crippen LogP contribution in [0.15, 0.2) is 30.3 Å². The molecule has 4 aromatic rings. The van der Waals surface area contributed by atoms with Gasteiger partial charge in [-0.25, -0.2) is 13.2 Å². The van der Waals surface area contributed by atoms with Crippen LogP contribution in [0.2, 0.25) is 0 Å². The SMILES string of the molecule is C#Cc1c(F)ccc2cc(O)cc(-c3c(F)cc4c(N5CC6CCC(C5)N6)nc(OCC5(CN6C[C@@H]7CC[C@H]6C7)CC5)nc4c3F)c12. The van der Waals surface area contributed by atoms with E-state index in [1.165, 1.54) is 49.6 Å². The minimum atomic E-state index is -0.944. The number of anilines is 1. The third kappa shape index (κ3) is 4.89. The van der Waals surface area contributed by atoms with Crippen LogP contribution in [0.4, 0.5) is 19.0 Å². The Morgan fingerprint density at radius 3 is 2.51 bits per heavy atom. The molecule has 7 nitrogen and oxygen atoms in total. The average Bonchev–Trinajstić information content (AvgIpc) is 3.32. The van der Waals surface area contributed by atoms with Crippen molar-refractivity contribution in [3.8, 4) is 35.2 Å². The van der Waals surface area contributed by atoms with Gasteiger partial charge in [0.05, 0.1) is 17.7 Å². The number of piperazine rings is 1. The Morgan fingerprint density at radius 2 is 1.81 bits per heavy atom. The smallest absolute Gasteiger partial charge is 0.319 e. The van der Waals surface area contributed by atoms with Crippen LogP contribution in [-0.2, 0) is 0 Å². The summed E-state index contributed by atoms with van der Waals surface area (Å²) in [5, 5.41) is 14.9. The Morgan fingerprint density at radius 1 is 1.00 bits per heavy atom. The van der Waals surface area contributed by atoms with Gasteiger partial charge in [-0.05, 0) is 80.5 Å². The normalized spacial score (nSPS) is 26.0. The summed E-state index contributed by atoms with van der Waals surface area (Å²) < 4.78 is 54.4. The van der Waals surface area contributed by atoms with Gasteiger partial charge < -0.3 is 20.1 Å². The first-order valence-electron chi connectivity index (χ1n) is 16.8. The number of rotatable bonds is 7. The molecule has 0 spiro atoms. The van der Waals surface area contributed by atoms with E-state index in [-0.39, 0.29) is 56.7 Å². The maximum atomic E-state index is 16.9. The summed E-state index contributed by atoms with van der Waals surface area (Å²) in [5.74, 6) is 0.817. The first-order chi connectivity index (χ1) is 22.8. The van der Waals surface area contributed by atoms with Crippen molar-refractivity contribution in [3.05, 3.63) is 53.3 Å². The maximum Gasteiger partial charge on any atom is 0.319 e. The molecule has 3 saturated heterocycles. The molecule has 9 rings (SSSR count). The molecular weight excluding hydrogens is 603 g/mol. The van der Waals surface area contributed by atoms with E-state index in [1.54, 1.807) is 0 Å². The second-order valence-electron chi connectivity index (χ2n) is 14.5. The van der Waals surface area contributed by atoms with E-state index in [0.29, 0.717) is 36.9 Å². The van der Waals surface area contributed by atoms with Crippen LogP contribution in [0.5, 0.6) is 11.8 Å². The van der Waals surface area contributed by atoms with E-state index >= 15 is 8.78 Å². The molecule has 3 aliphatic heterocycles. The van der Waals surface area contributed by atoms with Crippen molar-refractivity contribution in [2.75, 3.05) is 37.7 Å². The summed E-state index contributed by atoms with van der Waals surface area (Å²) in [6.45, 7) is 3.87. The molecule has 3 aromatic carbocycles. The molecule has 2 unspecified atom stereocenters. The minimum absolute atomic E-state index is 0.0276. The van der Waals surface area contributed by atoms with Gasteiger partial charge in [-0.1, -0.05) is 12.0 Å². The number of benzene rings is 3. The molecule has 5 aliphatic rings. The Bertz CT molecular complexity index is 1980. The molecule has 4 bridgehead atoms. The van der Waals surface area contributed by atoms with Crippen LogP contribution in [0.25, 0.3) is 32.8 Å². The first-order valence-corrected chi connectivity index (χ1v) is 16.8. The number of fused-ring (bicyclic) bond motifs is 6. The third-order valence-corrected chi connectivity index (χ3v) is 11.3. The van der Waals surface area contributed by atoms with Gasteiger partial charge in [-0.2, -0.15) is 9.97 Å². The van der Waals surface area contributed by atoms with Gasteiger partial charge >= 0.3 is 6.01 Å². The molecule has 5 fully saturated rings. The van der Waals surface area contributed by atoms with E-state index < -0.39 is 23.0 Å². The maximum absolute atomic E-state index is 16.9. The van der Waals surface area contributed by atoms with Crippen LogP contribution >= 0.6 is 0 Å². The van der Waals surface area contributed by atoms with E-state index in [2.05, 4.69) is 26.0 Å². The average molecular weight is 640 g/mol. The lowest BCUT2D eigenvalue weighted by molar-refractivity contribution is 0.130. The van der Waals surface area contributed by atoms with Crippen molar-refractivity contribution in [3.63, 3.8) is 0 Å². The van der Waals surface area contributed by atoms with E-state index in [1.807, 2.05) is 0 Å². The number of terminal acetylenes is 1. The largest absolute Gasteiger partial charge is 0.508 e. The first kappa shape index (κ1) is 29.1. The summed E-state index contributed by atoms with van der Waals surface area (Å²) in [6, 6.07) is 7.70. The predicted molar refractivity (Wildman–Crippen MR) is 174 cm³/mol. The molecule has 10 heteroatoms. The van der Waals surface area contributed by atoms with Gasteiger partial charge in [0.15, 0.2) is 5.82 Å². The molecule has 4 atom stereocenters. The van der Waals surface area contributed by atoms with Crippen LogP contribution in [-0.4, -0.2) is 70.9 Å². The number of likely N-dealkylation sites (tertiary alicyclic amines) is 1. The van der Waals surface area contributed by atoms with Crippen LogP contribution in [0, 0.1) is 41.1 Å². The van der Waals surface area contributed by atoms with Crippen molar-refractivity contribution >= 4 is 27.5 Å². The van der Waals surface area contributed by atoms with Gasteiger partial charge in [0, 0.05) is 66.1 Å². The zero-order valence-electron chi connectivity index (χ0n) is 26.0. The Labute approximate surface area is 271 Å². The van der Waals surface area contributed by atoms with E-state index in [4.69, 9.17) is 16.1 Å². The highest BCUT2D eigenvalue weighted by Gasteiger charge is 2.49. The molecule has 1 aromatic heterocycles. The van der Waals surface area contributed by atoms with Crippen LogP contribution < -0.4 is 15.0 Å². The Kier molecular flexibility index (Phi) is 6.64. The van der Waals surface area contributed by atoms with Gasteiger partial charge in [-0.3, -0.25) is 4.90 Å². The number of halogens is 3. The second kappa shape index (κ2) is 10.7. The van der Waals surface area contributed by atoms with Gasteiger partial charge in [0.2, 0.25) is 0 Å². The van der Waals surface area contributed by atoms with Crippen molar-refractivity contribution in [1.29, 1.82) is 0 Å². The fourth-order valence-corrected chi connectivity index (χ4v) is 8.84. The number of piperidine rings is 1. The lowest BCUT2D eigenvalue weighted by Crippen LogP contribution is -2.51. The van der Waals surface area contributed by atoms with E-state index in [0.717, 1.165) is 44.7 Å². The lowest BCUT2D eigenvalue weighted by Gasteiger charge is -2.34. The van der Waals surface area contributed by atoms with Crippen molar-refractivity contribution in [2.24, 2.45) is 11.3 Å². The molecule has 2 saturated carbocycles. The molecule has 242 valence electrons. The number of ether oxygens (including phenoxy) is 1.